The third-order valence-corrected chi connectivity index (χ3v) is 2.73. The fraction of sp³-hybridized carbons (Fsp3) is 0.250. The van der Waals surface area contributed by atoms with Crippen LogP contribution in [0.15, 0.2) is 24.3 Å². The topological polar surface area (TPSA) is 12.9 Å². The first-order valence-corrected chi connectivity index (χ1v) is 5.26. The lowest BCUT2D eigenvalue weighted by Crippen LogP contribution is -1.89. The molecule has 0 fully saturated rings. The van der Waals surface area contributed by atoms with E-state index in [2.05, 4.69) is 11.9 Å². The molecule has 3 heteroatoms. The van der Waals surface area contributed by atoms with Crippen LogP contribution >= 0.6 is 11.6 Å². The second kappa shape index (κ2) is 4.15. The van der Waals surface area contributed by atoms with Crippen molar-refractivity contribution in [3.63, 3.8) is 0 Å². The van der Waals surface area contributed by atoms with E-state index < -0.39 is 6.67 Å². The fourth-order valence-electron chi connectivity index (χ4n) is 1.57. The molecular weight excluding hydrogens is 213 g/mol. The smallest absolute Gasteiger partial charge is 0.131 e. The minimum Gasteiger partial charge on any atom is -0.250 e. The first-order chi connectivity index (χ1) is 7.24. The van der Waals surface area contributed by atoms with Crippen LogP contribution in [0.2, 0.25) is 5.02 Å². The molecular formula is C12H11ClFN. The molecule has 0 saturated heterocycles. The van der Waals surface area contributed by atoms with E-state index in [1.807, 2.05) is 18.2 Å². The zero-order chi connectivity index (χ0) is 10.8. The molecule has 0 spiro atoms. The summed E-state index contributed by atoms with van der Waals surface area (Å²) in [6.07, 6.45) is 0.955. The standard InChI is InChI=1S/C12H11ClFN/c1-2-8-3-4-12-10(5-8)11(13)6-9(7-14)15-12/h3-6H,2,7H2,1H3. The highest BCUT2D eigenvalue weighted by Crippen LogP contribution is 2.24. The third-order valence-electron chi connectivity index (χ3n) is 2.42. The van der Waals surface area contributed by atoms with Crippen LogP contribution in [0.3, 0.4) is 0 Å². The molecule has 0 N–H and O–H groups in total. The van der Waals surface area contributed by atoms with Crippen molar-refractivity contribution in [1.82, 2.24) is 4.98 Å². The van der Waals surface area contributed by atoms with E-state index in [0.717, 1.165) is 17.3 Å². The Balaban J connectivity index is 2.68. The normalized spacial score (nSPS) is 10.9. The second-order valence-electron chi connectivity index (χ2n) is 3.43. The number of rotatable bonds is 2. The van der Waals surface area contributed by atoms with Gasteiger partial charge in [-0.1, -0.05) is 24.6 Å². The number of aryl methyl sites for hydroxylation is 1. The highest BCUT2D eigenvalue weighted by molar-refractivity contribution is 6.35. The van der Waals surface area contributed by atoms with Gasteiger partial charge in [0.25, 0.3) is 0 Å². The molecule has 1 aromatic heterocycles. The SMILES string of the molecule is CCc1ccc2nc(CF)cc(Cl)c2c1. The summed E-state index contributed by atoms with van der Waals surface area (Å²) in [7, 11) is 0. The van der Waals surface area contributed by atoms with Crippen molar-refractivity contribution in [2.45, 2.75) is 20.0 Å². The van der Waals surface area contributed by atoms with E-state index in [-0.39, 0.29) is 0 Å². The highest BCUT2D eigenvalue weighted by atomic mass is 35.5. The number of aromatic nitrogens is 1. The predicted molar refractivity (Wildman–Crippen MR) is 60.9 cm³/mol. The van der Waals surface area contributed by atoms with Crippen LogP contribution in [-0.4, -0.2) is 4.98 Å². The summed E-state index contributed by atoms with van der Waals surface area (Å²) in [4.78, 5) is 4.17. The Kier molecular flexibility index (Phi) is 2.87. The minimum atomic E-state index is -0.578. The lowest BCUT2D eigenvalue weighted by atomic mass is 10.1. The molecule has 0 aliphatic carbocycles. The fourth-order valence-corrected chi connectivity index (χ4v) is 1.85. The van der Waals surface area contributed by atoms with Gasteiger partial charge in [-0.3, -0.25) is 0 Å². The summed E-state index contributed by atoms with van der Waals surface area (Å²) in [6, 6.07) is 7.48. The van der Waals surface area contributed by atoms with Gasteiger partial charge in [-0.2, -0.15) is 0 Å². The Morgan fingerprint density at radius 2 is 2.13 bits per heavy atom. The van der Waals surface area contributed by atoms with Crippen LogP contribution in [0.4, 0.5) is 4.39 Å². The monoisotopic (exact) mass is 223 g/mol. The van der Waals surface area contributed by atoms with Crippen LogP contribution in [0.1, 0.15) is 18.2 Å². The molecule has 78 valence electrons. The molecule has 1 nitrogen and oxygen atoms in total. The van der Waals surface area contributed by atoms with Gasteiger partial charge in [0.05, 0.1) is 16.2 Å². The largest absolute Gasteiger partial charge is 0.250 e. The van der Waals surface area contributed by atoms with Gasteiger partial charge in [-0.25, -0.2) is 9.37 Å². The van der Waals surface area contributed by atoms with Crippen LogP contribution in [-0.2, 0) is 13.1 Å². The summed E-state index contributed by atoms with van der Waals surface area (Å²) in [5, 5.41) is 1.47. The molecule has 15 heavy (non-hydrogen) atoms. The number of nitrogens with zero attached hydrogens (tertiary/aromatic N) is 1. The highest BCUT2D eigenvalue weighted by Gasteiger charge is 2.04. The van der Waals surface area contributed by atoms with Crippen LogP contribution in [0.5, 0.6) is 0 Å². The van der Waals surface area contributed by atoms with Gasteiger partial charge >= 0.3 is 0 Å². The summed E-state index contributed by atoms with van der Waals surface area (Å²) in [5.74, 6) is 0. The van der Waals surface area contributed by atoms with E-state index in [0.29, 0.717) is 10.7 Å². The van der Waals surface area contributed by atoms with Gasteiger partial charge in [0.2, 0.25) is 0 Å². The lowest BCUT2D eigenvalue weighted by molar-refractivity contribution is 0.477. The van der Waals surface area contributed by atoms with Crippen molar-refractivity contribution in [3.05, 3.63) is 40.5 Å². The van der Waals surface area contributed by atoms with Crippen LogP contribution in [0, 0.1) is 0 Å². The number of benzene rings is 1. The number of hydrogen-bond acceptors (Lipinski definition) is 1. The third kappa shape index (κ3) is 1.95. The summed E-state index contributed by atoms with van der Waals surface area (Å²) < 4.78 is 12.5. The Labute approximate surface area is 92.9 Å². The van der Waals surface area contributed by atoms with Crippen molar-refractivity contribution in [2.24, 2.45) is 0 Å². The van der Waals surface area contributed by atoms with Crippen LogP contribution < -0.4 is 0 Å². The Morgan fingerprint density at radius 1 is 1.33 bits per heavy atom. The van der Waals surface area contributed by atoms with Gasteiger partial charge < -0.3 is 0 Å². The maximum Gasteiger partial charge on any atom is 0.131 e. The summed E-state index contributed by atoms with van der Waals surface area (Å²) in [5.41, 5.74) is 2.35. The maximum atomic E-state index is 12.5. The molecule has 0 amide bonds. The first kappa shape index (κ1) is 10.4. The molecule has 0 saturated carbocycles. The van der Waals surface area contributed by atoms with Gasteiger partial charge in [0.15, 0.2) is 0 Å². The van der Waals surface area contributed by atoms with Gasteiger partial charge in [0.1, 0.15) is 6.67 Å². The molecule has 1 heterocycles. The molecule has 0 aliphatic heterocycles. The van der Waals surface area contributed by atoms with Gasteiger partial charge in [0, 0.05) is 5.39 Å². The molecule has 2 rings (SSSR count). The van der Waals surface area contributed by atoms with E-state index in [1.165, 1.54) is 5.56 Å². The van der Waals surface area contributed by atoms with Gasteiger partial charge in [-0.05, 0) is 30.2 Å². The number of pyridine rings is 1. The Hall–Kier alpha value is -1.15. The second-order valence-corrected chi connectivity index (χ2v) is 3.84. The van der Waals surface area contributed by atoms with E-state index in [1.54, 1.807) is 6.07 Å². The summed E-state index contributed by atoms with van der Waals surface area (Å²) in [6.45, 7) is 1.50. The van der Waals surface area contributed by atoms with E-state index >= 15 is 0 Å². The van der Waals surface area contributed by atoms with Crippen molar-refractivity contribution >= 4 is 22.5 Å². The first-order valence-electron chi connectivity index (χ1n) is 4.88. The number of alkyl halides is 1. The number of halogens is 2. The molecule has 0 atom stereocenters. The van der Waals surface area contributed by atoms with Crippen molar-refractivity contribution in [1.29, 1.82) is 0 Å². The molecule has 0 aliphatic rings. The lowest BCUT2D eigenvalue weighted by Gasteiger charge is -2.04. The maximum absolute atomic E-state index is 12.5. The minimum absolute atomic E-state index is 0.386. The van der Waals surface area contributed by atoms with E-state index in [9.17, 15) is 4.39 Å². The van der Waals surface area contributed by atoms with Crippen molar-refractivity contribution in [2.75, 3.05) is 0 Å². The zero-order valence-corrected chi connectivity index (χ0v) is 9.18. The van der Waals surface area contributed by atoms with E-state index in [4.69, 9.17) is 11.6 Å². The average Bonchev–Trinajstić information content (AvgIpc) is 2.28. The van der Waals surface area contributed by atoms with Gasteiger partial charge in [-0.15, -0.1) is 0 Å². The van der Waals surface area contributed by atoms with Crippen molar-refractivity contribution < 1.29 is 4.39 Å². The predicted octanol–water partition coefficient (Wildman–Crippen LogP) is 3.92. The molecule has 0 radical (unpaired) electrons. The average molecular weight is 224 g/mol. The van der Waals surface area contributed by atoms with Crippen LogP contribution in [0.25, 0.3) is 10.9 Å². The Morgan fingerprint density at radius 3 is 2.80 bits per heavy atom. The number of fused-ring (bicyclic) bond motifs is 1. The molecule has 2 aromatic rings. The molecule has 0 bridgehead atoms. The summed E-state index contributed by atoms with van der Waals surface area (Å²) >= 11 is 6.06. The number of hydrogen-bond donors (Lipinski definition) is 0. The molecule has 0 unspecified atom stereocenters. The quantitative estimate of drug-likeness (QED) is 0.752. The molecule has 1 aromatic carbocycles. The van der Waals surface area contributed by atoms with Crippen molar-refractivity contribution in [3.8, 4) is 0 Å². The Bertz CT molecular complexity index is 496. The zero-order valence-electron chi connectivity index (χ0n) is 8.43.